The van der Waals surface area contributed by atoms with Gasteiger partial charge >= 0.3 is 0 Å². The van der Waals surface area contributed by atoms with Gasteiger partial charge in [0.05, 0.1) is 24.8 Å². The highest BCUT2D eigenvalue weighted by atomic mass is 16.5. The molecule has 3 saturated heterocycles. The van der Waals surface area contributed by atoms with Crippen molar-refractivity contribution in [2.45, 2.75) is 69.3 Å². The van der Waals surface area contributed by atoms with E-state index in [1.54, 1.807) is 6.20 Å². The molecule has 1 aromatic rings. The fraction of sp³-hybridized carbons (Fsp3) is 0.762. The highest BCUT2D eigenvalue weighted by molar-refractivity contribution is 5.77. The lowest BCUT2D eigenvalue weighted by Crippen LogP contribution is -2.63. The summed E-state index contributed by atoms with van der Waals surface area (Å²) in [5, 5.41) is 8.30. The summed E-state index contributed by atoms with van der Waals surface area (Å²) < 4.78 is 6.22. The standard InChI is InChI=1S/C21H31N5O2/c1-2-24-12-18-9-17(24)13-26(18)20(27)10-19-14-25(11-16-5-3-8-22-23-16)21(15-28-19)6-4-7-21/h3,5,8,17-19H,2,4,6-7,9-15H2,1H3/t17-,18-,19?/m1/s1. The van der Waals surface area contributed by atoms with Crippen molar-refractivity contribution in [1.29, 1.82) is 0 Å². The van der Waals surface area contributed by atoms with E-state index in [0.717, 1.165) is 51.4 Å². The van der Waals surface area contributed by atoms with Gasteiger partial charge in [0.2, 0.25) is 5.91 Å². The second-order valence-corrected chi connectivity index (χ2v) is 8.99. The van der Waals surface area contributed by atoms with Crippen molar-refractivity contribution in [3.8, 4) is 0 Å². The van der Waals surface area contributed by atoms with Gasteiger partial charge in [-0.3, -0.25) is 14.6 Å². The van der Waals surface area contributed by atoms with Crippen molar-refractivity contribution in [2.75, 3.05) is 32.8 Å². The van der Waals surface area contributed by atoms with E-state index in [4.69, 9.17) is 4.74 Å². The number of hydrogen-bond donors (Lipinski definition) is 0. The number of fused-ring (bicyclic) bond motifs is 2. The molecule has 1 saturated carbocycles. The average Bonchev–Trinajstić information content (AvgIpc) is 3.28. The number of morpholine rings is 1. The molecular weight excluding hydrogens is 354 g/mol. The van der Waals surface area contributed by atoms with Crippen LogP contribution in [0.1, 0.15) is 44.7 Å². The number of hydrogen-bond acceptors (Lipinski definition) is 6. The Morgan fingerprint density at radius 3 is 2.82 bits per heavy atom. The third kappa shape index (κ3) is 3.23. The minimum atomic E-state index is -0.0169. The molecule has 1 spiro atoms. The lowest BCUT2D eigenvalue weighted by atomic mass is 9.74. The average molecular weight is 386 g/mol. The van der Waals surface area contributed by atoms with Crippen LogP contribution in [0, 0.1) is 0 Å². The third-order valence-electron chi connectivity index (χ3n) is 7.43. The zero-order chi connectivity index (χ0) is 19.1. The molecule has 3 aliphatic heterocycles. The number of amides is 1. The van der Waals surface area contributed by atoms with Crippen molar-refractivity contribution in [1.82, 2.24) is 24.9 Å². The Hall–Kier alpha value is -1.57. The van der Waals surface area contributed by atoms with Gasteiger partial charge in [-0.15, -0.1) is 0 Å². The van der Waals surface area contributed by atoms with Crippen LogP contribution in [0.3, 0.4) is 0 Å². The molecule has 0 aromatic carbocycles. The Bertz CT molecular complexity index is 710. The number of rotatable bonds is 5. The summed E-state index contributed by atoms with van der Waals surface area (Å²) in [6, 6.07) is 4.96. The first-order valence-corrected chi connectivity index (χ1v) is 10.8. The molecule has 2 bridgehead atoms. The van der Waals surface area contributed by atoms with Gasteiger partial charge < -0.3 is 9.64 Å². The summed E-state index contributed by atoms with van der Waals surface area (Å²) in [6.45, 7) is 7.59. The van der Waals surface area contributed by atoms with Gasteiger partial charge in [0, 0.05) is 50.0 Å². The maximum absolute atomic E-state index is 13.0. The fourth-order valence-electron chi connectivity index (χ4n) is 5.63. The number of nitrogens with zero attached hydrogens (tertiary/aromatic N) is 5. The van der Waals surface area contributed by atoms with Crippen LogP contribution < -0.4 is 0 Å². The highest BCUT2D eigenvalue weighted by Crippen LogP contribution is 2.42. The Kier molecular flexibility index (Phi) is 4.85. The molecule has 1 amide bonds. The molecule has 1 unspecified atom stereocenters. The van der Waals surface area contributed by atoms with E-state index in [2.05, 4.69) is 31.8 Å². The first-order valence-electron chi connectivity index (χ1n) is 10.8. The summed E-state index contributed by atoms with van der Waals surface area (Å²) in [6.07, 6.45) is 6.96. The maximum Gasteiger partial charge on any atom is 0.225 e. The number of carbonyl (C=O) groups is 1. The van der Waals surface area contributed by atoms with Gasteiger partial charge in [0.25, 0.3) is 0 Å². The van der Waals surface area contributed by atoms with E-state index >= 15 is 0 Å². The monoisotopic (exact) mass is 385 g/mol. The van der Waals surface area contributed by atoms with Crippen molar-refractivity contribution in [2.24, 2.45) is 0 Å². The summed E-state index contributed by atoms with van der Waals surface area (Å²) in [5.74, 6) is 0.275. The quantitative estimate of drug-likeness (QED) is 0.761. The minimum absolute atomic E-state index is 0.0169. The predicted octanol–water partition coefficient (Wildman–Crippen LogP) is 1.30. The largest absolute Gasteiger partial charge is 0.374 e. The zero-order valence-electron chi connectivity index (χ0n) is 16.8. The summed E-state index contributed by atoms with van der Waals surface area (Å²) in [7, 11) is 0. The van der Waals surface area contributed by atoms with Crippen LogP contribution in [-0.4, -0.2) is 87.3 Å². The summed E-state index contributed by atoms with van der Waals surface area (Å²) in [5.41, 5.74) is 1.14. The van der Waals surface area contributed by atoms with E-state index in [1.165, 1.54) is 19.3 Å². The summed E-state index contributed by atoms with van der Waals surface area (Å²) >= 11 is 0. The molecule has 5 rings (SSSR count). The third-order valence-corrected chi connectivity index (χ3v) is 7.43. The van der Waals surface area contributed by atoms with Crippen LogP contribution in [0.25, 0.3) is 0 Å². The Labute approximate surface area is 167 Å². The summed E-state index contributed by atoms with van der Waals surface area (Å²) in [4.78, 5) is 20.1. The number of aromatic nitrogens is 2. The van der Waals surface area contributed by atoms with Gasteiger partial charge in [-0.05, 0) is 44.4 Å². The predicted molar refractivity (Wildman–Crippen MR) is 105 cm³/mol. The molecule has 4 aliphatic rings. The minimum Gasteiger partial charge on any atom is -0.374 e. The smallest absolute Gasteiger partial charge is 0.225 e. The lowest BCUT2D eigenvalue weighted by Gasteiger charge is -2.54. The highest BCUT2D eigenvalue weighted by Gasteiger charge is 2.48. The van der Waals surface area contributed by atoms with Crippen molar-refractivity contribution >= 4 is 5.91 Å². The van der Waals surface area contributed by atoms with Crippen LogP contribution in [0.2, 0.25) is 0 Å². The molecule has 4 heterocycles. The zero-order valence-corrected chi connectivity index (χ0v) is 16.8. The first-order chi connectivity index (χ1) is 13.7. The Morgan fingerprint density at radius 1 is 1.29 bits per heavy atom. The SMILES string of the molecule is CCN1C[C@H]2C[C@@H]1CN2C(=O)CC1CN(Cc2cccnn2)C2(CCC2)CO1. The Balaban J connectivity index is 1.21. The van der Waals surface area contributed by atoms with E-state index in [-0.39, 0.29) is 17.6 Å². The Morgan fingerprint density at radius 2 is 2.18 bits per heavy atom. The van der Waals surface area contributed by atoms with Gasteiger partial charge in [-0.1, -0.05) is 6.92 Å². The van der Waals surface area contributed by atoms with Crippen molar-refractivity contribution in [3.63, 3.8) is 0 Å². The number of likely N-dealkylation sites (N-methyl/N-ethyl adjacent to an activating group) is 1. The van der Waals surface area contributed by atoms with E-state index in [1.807, 2.05) is 12.1 Å². The fourth-order valence-corrected chi connectivity index (χ4v) is 5.63. The lowest BCUT2D eigenvalue weighted by molar-refractivity contribution is -0.159. The molecule has 7 nitrogen and oxygen atoms in total. The van der Waals surface area contributed by atoms with Gasteiger partial charge in [-0.2, -0.15) is 10.2 Å². The molecule has 152 valence electrons. The number of carbonyl (C=O) groups excluding carboxylic acids is 1. The van der Waals surface area contributed by atoms with E-state index in [9.17, 15) is 4.79 Å². The molecule has 0 radical (unpaired) electrons. The van der Waals surface area contributed by atoms with Gasteiger partial charge in [0.15, 0.2) is 0 Å². The topological polar surface area (TPSA) is 61.8 Å². The molecular formula is C21H31N5O2. The number of ether oxygens (including phenoxy) is 1. The van der Waals surface area contributed by atoms with Crippen LogP contribution >= 0.6 is 0 Å². The van der Waals surface area contributed by atoms with Crippen molar-refractivity contribution in [3.05, 3.63) is 24.0 Å². The van der Waals surface area contributed by atoms with Crippen LogP contribution in [0.15, 0.2) is 18.3 Å². The second-order valence-electron chi connectivity index (χ2n) is 8.99. The molecule has 1 aromatic heterocycles. The molecule has 3 atom stereocenters. The van der Waals surface area contributed by atoms with Crippen LogP contribution in [-0.2, 0) is 16.1 Å². The molecule has 7 heteroatoms. The van der Waals surface area contributed by atoms with Crippen molar-refractivity contribution < 1.29 is 9.53 Å². The molecule has 1 aliphatic carbocycles. The maximum atomic E-state index is 13.0. The number of piperazine rings is 1. The first kappa shape index (κ1) is 18.5. The van der Waals surface area contributed by atoms with E-state index < -0.39 is 0 Å². The van der Waals surface area contributed by atoms with Crippen LogP contribution in [0.4, 0.5) is 0 Å². The molecule has 28 heavy (non-hydrogen) atoms. The number of likely N-dealkylation sites (tertiary alicyclic amines) is 2. The molecule has 0 N–H and O–H groups in total. The second kappa shape index (κ2) is 7.35. The van der Waals surface area contributed by atoms with Gasteiger partial charge in [0.1, 0.15) is 0 Å². The van der Waals surface area contributed by atoms with Crippen LogP contribution in [0.5, 0.6) is 0 Å². The normalized spacial score (nSPS) is 32.0. The molecule has 4 fully saturated rings. The van der Waals surface area contributed by atoms with E-state index in [0.29, 0.717) is 18.5 Å². The van der Waals surface area contributed by atoms with Gasteiger partial charge in [-0.25, -0.2) is 0 Å².